The quantitative estimate of drug-likeness (QED) is 0.849. The van der Waals surface area contributed by atoms with E-state index in [0.717, 1.165) is 0 Å². The normalized spacial score (nSPS) is 22.6. The minimum Gasteiger partial charge on any atom is -0.402 e. The lowest BCUT2D eigenvalue weighted by Crippen LogP contribution is -2.41. The van der Waals surface area contributed by atoms with E-state index in [0.29, 0.717) is 10.6 Å². The van der Waals surface area contributed by atoms with Crippen LogP contribution in [-0.4, -0.2) is 18.3 Å². The van der Waals surface area contributed by atoms with Gasteiger partial charge in [-0.05, 0) is 51.5 Å². The third-order valence-electron chi connectivity index (χ3n) is 3.88. The summed E-state index contributed by atoms with van der Waals surface area (Å²) in [6, 6.07) is 4.10. The predicted molar refractivity (Wildman–Crippen MR) is 74.4 cm³/mol. The predicted octanol–water partition coefficient (Wildman–Crippen LogP) is 3.11. The zero-order valence-corrected chi connectivity index (χ0v) is 12.3. The Balaban J connectivity index is 2.27. The van der Waals surface area contributed by atoms with Crippen LogP contribution in [0.1, 0.15) is 39.2 Å². The van der Waals surface area contributed by atoms with Crippen LogP contribution in [0.25, 0.3) is 0 Å². The van der Waals surface area contributed by atoms with Gasteiger partial charge in [-0.3, -0.25) is 0 Å². The van der Waals surface area contributed by atoms with Crippen LogP contribution in [0.5, 0.6) is 0 Å². The first-order valence-corrected chi connectivity index (χ1v) is 6.58. The van der Waals surface area contributed by atoms with Crippen molar-refractivity contribution >= 4 is 18.7 Å². The maximum atomic E-state index is 13.3. The van der Waals surface area contributed by atoms with E-state index in [-0.39, 0.29) is 5.82 Å². The Kier molecular flexibility index (Phi) is 3.69. The molecule has 1 atom stereocenters. The molecule has 0 amide bonds. The molecular weight excluding hydrogens is 267 g/mol. The highest BCUT2D eigenvalue weighted by Crippen LogP contribution is 2.40. The van der Waals surface area contributed by atoms with Crippen molar-refractivity contribution in [3.05, 3.63) is 34.6 Å². The van der Waals surface area contributed by atoms with Crippen molar-refractivity contribution in [2.75, 3.05) is 0 Å². The van der Waals surface area contributed by atoms with Gasteiger partial charge >= 0.3 is 7.12 Å². The van der Waals surface area contributed by atoms with E-state index in [1.54, 1.807) is 0 Å². The Bertz CT molecular complexity index is 480. The molecule has 1 aliphatic heterocycles. The number of nitrogens with two attached hydrogens (primary N) is 1. The molecule has 2 rings (SSSR count). The monoisotopic (exact) mass is 285 g/mol. The minimum absolute atomic E-state index is 0.383. The van der Waals surface area contributed by atoms with Crippen LogP contribution in [0, 0.1) is 5.82 Å². The molecule has 19 heavy (non-hydrogen) atoms. The Morgan fingerprint density at radius 2 is 1.74 bits per heavy atom. The molecule has 0 aromatic heterocycles. The average Bonchev–Trinajstić information content (AvgIpc) is 2.51. The molecule has 1 aromatic carbocycles. The molecule has 0 unspecified atom stereocenters. The topological polar surface area (TPSA) is 44.5 Å². The summed E-state index contributed by atoms with van der Waals surface area (Å²) in [5, 5.41) is 0.406. The molecule has 1 aromatic rings. The first kappa shape index (κ1) is 14.8. The molecular formula is C13H18BClFNO2. The fourth-order valence-electron chi connectivity index (χ4n) is 1.95. The molecule has 104 valence electrons. The number of hydrogen-bond acceptors (Lipinski definition) is 3. The number of halogens is 2. The molecule has 0 radical (unpaired) electrons. The van der Waals surface area contributed by atoms with Gasteiger partial charge in [-0.2, -0.15) is 0 Å². The minimum atomic E-state index is -0.649. The van der Waals surface area contributed by atoms with E-state index < -0.39 is 24.3 Å². The zero-order valence-electron chi connectivity index (χ0n) is 11.5. The van der Waals surface area contributed by atoms with Crippen molar-refractivity contribution in [1.29, 1.82) is 0 Å². The fraction of sp³-hybridized carbons (Fsp3) is 0.538. The molecule has 1 heterocycles. The Labute approximate surface area is 118 Å². The van der Waals surface area contributed by atoms with Crippen LogP contribution < -0.4 is 5.73 Å². The first-order valence-electron chi connectivity index (χ1n) is 6.20. The summed E-state index contributed by atoms with van der Waals surface area (Å²) >= 11 is 6.05. The highest BCUT2D eigenvalue weighted by atomic mass is 35.5. The summed E-state index contributed by atoms with van der Waals surface area (Å²) in [5.41, 5.74) is 5.64. The lowest BCUT2D eigenvalue weighted by Gasteiger charge is -2.32. The largest absolute Gasteiger partial charge is 0.480 e. The SMILES string of the molecule is CC1(C)OB([C@H](N)c2cc(F)ccc2Cl)OC1(C)C. The second kappa shape index (κ2) is 4.74. The highest BCUT2D eigenvalue weighted by molar-refractivity contribution is 6.48. The van der Waals surface area contributed by atoms with E-state index in [9.17, 15) is 4.39 Å². The van der Waals surface area contributed by atoms with E-state index in [2.05, 4.69) is 0 Å². The summed E-state index contributed by atoms with van der Waals surface area (Å²) in [6.07, 6.45) is 0. The van der Waals surface area contributed by atoms with Crippen molar-refractivity contribution in [3.63, 3.8) is 0 Å². The summed E-state index contributed by atoms with van der Waals surface area (Å²) in [6.45, 7) is 7.75. The van der Waals surface area contributed by atoms with E-state index >= 15 is 0 Å². The smallest absolute Gasteiger partial charge is 0.402 e. The van der Waals surface area contributed by atoms with Crippen molar-refractivity contribution in [1.82, 2.24) is 0 Å². The molecule has 1 fully saturated rings. The molecule has 1 aliphatic rings. The van der Waals surface area contributed by atoms with Gasteiger partial charge in [0.1, 0.15) is 5.82 Å². The summed E-state index contributed by atoms with van der Waals surface area (Å²) in [4.78, 5) is 0. The van der Waals surface area contributed by atoms with Crippen molar-refractivity contribution in [2.45, 2.75) is 44.8 Å². The van der Waals surface area contributed by atoms with Crippen molar-refractivity contribution in [2.24, 2.45) is 5.73 Å². The second-order valence-corrected chi connectivity index (χ2v) is 6.22. The van der Waals surface area contributed by atoms with E-state index in [4.69, 9.17) is 26.6 Å². The molecule has 0 saturated carbocycles. The molecule has 6 heteroatoms. The fourth-order valence-corrected chi connectivity index (χ4v) is 2.20. The maximum Gasteiger partial charge on any atom is 0.480 e. The van der Waals surface area contributed by atoms with Crippen molar-refractivity contribution in [3.8, 4) is 0 Å². The van der Waals surface area contributed by atoms with Crippen molar-refractivity contribution < 1.29 is 13.7 Å². The van der Waals surface area contributed by atoms with Crippen LogP contribution in [0.15, 0.2) is 18.2 Å². The third-order valence-corrected chi connectivity index (χ3v) is 4.23. The van der Waals surface area contributed by atoms with Gasteiger partial charge < -0.3 is 15.0 Å². The van der Waals surface area contributed by atoms with Crippen LogP contribution in [0.4, 0.5) is 4.39 Å². The lowest BCUT2D eigenvalue weighted by atomic mass is 9.75. The Morgan fingerprint density at radius 1 is 1.21 bits per heavy atom. The zero-order chi connectivity index (χ0) is 14.4. The van der Waals surface area contributed by atoms with Gasteiger partial charge in [-0.25, -0.2) is 4.39 Å². The van der Waals surface area contributed by atoms with Crippen LogP contribution in [0.3, 0.4) is 0 Å². The Morgan fingerprint density at radius 3 is 2.26 bits per heavy atom. The molecule has 1 saturated heterocycles. The molecule has 2 N–H and O–H groups in total. The molecule has 0 aliphatic carbocycles. The van der Waals surface area contributed by atoms with E-state index in [1.807, 2.05) is 27.7 Å². The Hall–Kier alpha value is -0.615. The van der Waals surface area contributed by atoms with Crippen LogP contribution >= 0.6 is 11.6 Å². The molecule has 3 nitrogen and oxygen atoms in total. The number of hydrogen-bond donors (Lipinski definition) is 1. The average molecular weight is 286 g/mol. The van der Waals surface area contributed by atoms with Gasteiger partial charge in [0, 0.05) is 5.02 Å². The van der Waals surface area contributed by atoms with Gasteiger partial charge in [0.15, 0.2) is 0 Å². The van der Waals surface area contributed by atoms with Gasteiger partial charge in [-0.1, -0.05) is 11.6 Å². The third kappa shape index (κ3) is 2.65. The summed E-state index contributed by atoms with van der Waals surface area (Å²) in [5.74, 6) is -1.02. The lowest BCUT2D eigenvalue weighted by molar-refractivity contribution is 0.00578. The molecule has 0 bridgehead atoms. The van der Waals surface area contributed by atoms with E-state index in [1.165, 1.54) is 18.2 Å². The van der Waals surface area contributed by atoms with Gasteiger partial charge in [0.25, 0.3) is 0 Å². The summed E-state index contributed by atoms with van der Waals surface area (Å²) in [7, 11) is -0.649. The van der Waals surface area contributed by atoms with Gasteiger partial charge in [0.2, 0.25) is 0 Å². The standard InChI is InChI=1S/C13H18BClFNO2/c1-12(2)13(3,4)19-14(18-12)11(17)9-7-8(16)5-6-10(9)15/h5-7,11H,17H2,1-4H3/t11-/m1/s1. The van der Waals surface area contributed by atoms with Gasteiger partial charge in [-0.15, -0.1) is 0 Å². The van der Waals surface area contributed by atoms with Crippen LogP contribution in [-0.2, 0) is 9.31 Å². The number of benzene rings is 1. The summed E-state index contributed by atoms with van der Waals surface area (Å²) < 4.78 is 25.0. The maximum absolute atomic E-state index is 13.3. The highest BCUT2D eigenvalue weighted by Gasteiger charge is 2.53. The van der Waals surface area contributed by atoms with Crippen LogP contribution in [0.2, 0.25) is 5.02 Å². The molecule has 0 spiro atoms. The van der Waals surface area contributed by atoms with Gasteiger partial charge in [0.05, 0.1) is 17.1 Å². The number of rotatable bonds is 2. The second-order valence-electron chi connectivity index (χ2n) is 5.82. The first-order chi connectivity index (χ1) is 8.64.